The molecule has 12 nitrogen and oxygen atoms in total. The Balaban J connectivity index is -0.0000000527. The van der Waals surface area contributed by atoms with Crippen LogP contribution in [0.3, 0.4) is 0 Å². The van der Waals surface area contributed by atoms with Gasteiger partial charge in [-0.3, -0.25) is 9.59 Å². The molecule has 42 heavy (non-hydrogen) atoms. The standard InChI is InChI=1S/C4H10O2S.C4H8O2.2C4H10O.C4H8O.C3H6O2.C3H6O.C2H6O2S/c1-3-4-7(2,5)6;1-4(5)3-6-2;1-3-4-5-2;2*1-3-4(2)5;1-3(4)5-2;1-3(2)4;1-5(2,3)4/h3-4H2,1-2H3;3H2,1-2H3;3-4H2,1-2H3;4-5H,3H2,1-2H3;3H2,1-2H3;1-2H3;1-2H3;1-2H3. The third kappa shape index (κ3) is 302. The van der Waals surface area contributed by atoms with E-state index in [2.05, 4.69) is 16.4 Å². The monoisotopic (exact) mass is 656 g/mol. The molecule has 0 spiro atoms. The van der Waals surface area contributed by atoms with Gasteiger partial charge in [-0.15, -0.1) is 0 Å². The summed E-state index contributed by atoms with van der Waals surface area (Å²) in [5.74, 6) is 0.556. The molecule has 0 aromatic rings. The predicted octanol–water partition coefficient (Wildman–Crippen LogP) is 3.90. The lowest BCUT2D eigenvalue weighted by Gasteiger charge is -1.90. The Morgan fingerprint density at radius 3 is 1.00 bits per heavy atom. The average molecular weight is 657 g/mol. The van der Waals surface area contributed by atoms with Gasteiger partial charge in [-0.05, 0) is 53.9 Å². The Labute approximate surface area is 258 Å². The number of carbonyl (C=O) groups is 4. The quantitative estimate of drug-likeness (QED) is 0.372. The summed E-state index contributed by atoms with van der Waals surface area (Å²) < 4.78 is 53.0. The lowest BCUT2D eigenvalue weighted by Crippen LogP contribution is -2.00. The maximum Gasteiger partial charge on any atom is 0.302 e. The lowest BCUT2D eigenvalue weighted by atomic mass is 10.3. The molecule has 14 heteroatoms. The average Bonchev–Trinajstić information content (AvgIpc) is 2.79. The number of ketones is 3. The molecule has 0 saturated heterocycles. The first-order valence-electron chi connectivity index (χ1n) is 13.3. The minimum absolute atomic E-state index is 0.0671. The molecule has 1 N–H and O–H groups in total. The van der Waals surface area contributed by atoms with Crippen LogP contribution in [0.4, 0.5) is 0 Å². The van der Waals surface area contributed by atoms with E-state index in [-0.39, 0.29) is 36.0 Å². The molecule has 0 aliphatic heterocycles. The van der Waals surface area contributed by atoms with Crippen LogP contribution in [-0.4, -0.2) is 110 Å². The van der Waals surface area contributed by atoms with E-state index >= 15 is 0 Å². The van der Waals surface area contributed by atoms with E-state index in [1.165, 1.54) is 48.2 Å². The molecule has 0 aromatic heterocycles. The molecule has 0 rings (SSSR count). The number of carbonyl (C=O) groups excluding carboxylic acids is 4. The molecule has 0 bridgehead atoms. The molecular formula is C28H64O12S2. The van der Waals surface area contributed by atoms with Crippen molar-refractivity contribution in [1.82, 2.24) is 0 Å². The van der Waals surface area contributed by atoms with Crippen molar-refractivity contribution in [3.8, 4) is 0 Å². The maximum absolute atomic E-state index is 10.2. The SMILES string of the molecule is CC(C)=O.CCC(C)=O.CCC(C)O.CCCOC.CCCS(C)(=O)=O.COC(C)=O.COCC(C)=O.CS(C)(=O)=O. The van der Waals surface area contributed by atoms with Gasteiger partial charge < -0.3 is 28.9 Å². The number of hydrogen-bond acceptors (Lipinski definition) is 12. The van der Waals surface area contributed by atoms with Gasteiger partial charge in [0.15, 0.2) is 5.78 Å². The first kappa shape index (κ1) is 59.6. The molecule has 0 saturated carbocycles. The molecule has 0 aliphatic rings. The summed E-state index contributed by atoms with van der Waals surface area (Å²) in [5.41, 5.74) is 0. The van der Waals surface area contributed by atoms with Crippen molar-refractivity contribution in [3.63, 3.8) is 0 Å². The van der Waals surface area contributed by atoms with Gasteiger partial charge in [-0.2, -0.15) is 0 Å². The molecule has 0 heterocycles. The van der Waals surface area contributed by atoms with Crippen molar-refractivity contribution in [2.24, 2.45) is 0 Å². The molecule has 1 unspecified atom stereocenters. The van der Waals surface area contributed by atoms with E-state index in [0.29, 0.717) is 12.2 Å². The molecule has 1 atom stereocenters. The van der Waals surface area contributed by atoms with E-state index in [0.717, 1.165) is 38.4 Å². The number of aliphatic hydroxyl groups excluding tert-OH is 1. The highest BCUT2D eigenvalue weighted by molar-refractivity contribution is 7.90. The van der Waals surface area contributed by atoms with Crippen LogP contribution in [0.15, 0.2) is 0 Å². The first-order valence-corrected chi connectivity index (χ1v) is 17.6. The highest BCUT2D eigenvalue weighted by Crippen LogP contribution is 1.84. The van der Waals surface area contributed by atoms with Crippen molar-refractivity contribution in [1.29, 1.82) is 0 Å². The minimum Gasteiger partial charge on any atom is -0.469 e. The van der Waals surface area contributed by atoms with Gasteiger partial charge in [-0.25, -0.2) is 16.8 Å². The fraction of sp³-hybridized carbons (Fsp3) is 0.857. The topological polar surface area (TPSA) is 184 Å². The van der Waals surface area contributed by atoms with E-state index in [1.807, 2.05) is 20.8 Å². The summed E-state index contributed by atoms with van der Waals surface area (Å²) in [6.45, 7) is 18.1. The van der Waals surface area contributed by atoms with Gasteiger partial charge in [0.05, 0.1) is 13.2 Å². The van der Waals surface area contributed by atoms with Gasteiger partial charge >= 0.3 is 5.97 Å². The normalized spacial score (nSPS) is 9.64. The Kier molecular flexibility index (Phi) is 65.6. The van der Waals surface area contributed by atoms with E-state index in [1.54, 1.807) is 21.0 Å². The third-order valence-electron chi connectivity index (χ3n) is 2.71. The Hall–Kier alpha value is -1.74. The zero-order chi connectivity index (χ0) is 36.0. The number of ether oxygens (including phenoxy) is 3. The van der Waals surface area contributed by atoms with Crippen LogP contribution in [-0.2, 0) is 53.1 Å². The summed E-state index contributed by atoms with van der Waals surface area (Å²) in [4.78, 5) is 38.8. The number of Topliss-reactive ketones (excluding diaryl/α,β-unsaturated/α-hetero) is 3. The lowest BCUT2D eigenvalue weighted by molar-refractivity contribution is -0.138. The van der Waals surface area contributed by atoms with Crippen LogP contribution >= 0.6 is 0 Å². The molecule has 0 aliphatic carbocycles. The minimum atomic E-state index is -2.67. The van der Waals surface area contributed by atoms with E-state index in [4.69, 9.17) is 9.84 Å². The van der Waals surface area contributed by atoms with Crippen molar-refractivity contribution in [3.05, 3.63) is 0 Å². The molecule has 0 fully saturated rings. The first-order chi connectivity index (χ1) is 18.8. The Bertz CT molecular complexity index is 762. The van der Waals surface area contributed by atoms with Gasteiger partial charge in [0.2, 0.25) is 0 Å². The number of sulfone groups is 2. The summed E-state index contributed by atoms with van der Waals surface area (Å²) in [6.07, 6.45) is 6.82. The van der Waals surface area contributed by atoms with Crippen LogP contribution in [0, 0.1) is 0 Å². The van der Waals surface area contributed by atoms with Crippen LogP contribution in [0.5, 0.6) is 0 Å². The number of esters is 1. The molecule has 0 amide bonds. The fourth-order valence-corrected chi connectivity index (χ4v) is 1.52. The Morgan fingerprint density at radius 1 is 0.714 bits per heavy atom. The highest BCUT2D eigenvalue weighted by atomic mass is 32.2. The number of rotatable bonds is 8. The zero-order valence-corrected chi connectivity index (χ0v) is 30.9. The highest BCUT2D eigenvalue weighted by Gasteiger charge is 1.95. The van der Waals surface area contributed by atoms with Crippen LogP contribution in [0.2, 0.25) is 0 Å². The van der Waals surface area contributed by atoms with Gasteiger partial charge in [0.25, 0.3) is 0 Å². The van der Waals surface area contributed by atoms with Crippen LogP contribution < -0.4 is 0 Å². The number of aliphatic hydroxyl groups is 1. The zero-order valence-electron chi connectivity index (χ0n) is 29.3. The summed E-state index contributed by atoms with van der Waals surface area (Å²) in [6, 6.07) is 0. The van der Waals surface area contributed by atoms with E-state index < -0.39 is 19.7 Å². The van der Waals surface area contributed by atoms with Gasteiger partial charge in [0, 0.05) is 58.7 Å². The molecule has 0 aromatic carbocycles. The van der Waals surface area contributed by atoms with Crippen molar-refractivity contribution < 1.29 is 55.3 Å². The third-order valence-corrected chi connectivity index (χ3v) is 3.86. The second-order valence-corrected chi connectivity index (χ2v) is 13.4. The fourth-order valence-electron chi connectivity index (χ4n) is 0.778. The van der Waals surface area contributed by atoms with E-state index in [9.17, 15) is 36.0 Å². The molecule has 0 radical (unpaired) electrons. The largest absolute Gasteiger partial charge is 0.469 e. The molecular weight excluding hydrogens is 592 g/mol. The summed E-state index contributed by atoms with van der Waals surface area (Å²) in [7, 11) is -0.778. The summed E-state index contributed by atoms with van der Waals surface area (Å²) >= 11 is 0. The second kappa shape index (κ2) is 46.2. The van der Waals surface area contributed by atoms with Crippen LogP contribution in [0.25, 0.3) is 0 Å². The smallest absolute Gasteiger partial charge is 0.302 e. The summed E-state index contributed by atoms with van der Waals surface area (Å²) in [5, 5.41) is 8.36. The van der Waals surface area contributed by atoms with Crippen molar-refractivity contribution >= 4 is 43.0 Å². The van der Waals surface area contributed by atoms with Crippen LogP contribution in [0.1, 0.15) is 94.9 Å². The van der Waals surface area contributed by atoms with Crippen molar-refractivity contribution in [2.75, 3.05) is 59.1 Å². The van der Waals surface area contributed by atoms with Crippen molar-refractivity contribution in [2.45, 2.75) is 101 Å². The maximum atomic E-state index is 10.2. The molecule has 260 valence electrons. The van der Waals surface area contributed by atoms with Gasteiger partial charge in [0.1, 0.15) is 37.8 Å². The number of methoxy groups -OCH3 is 3. The predicted molar refractivity (Wildman–Crippen MR) is 172 cm³/mol. The Morgan fingerprint density at radius 2 is 1.00 bits per heavy atom. The number of hydrogen-bond donors (Lipinski definition) is 1. The van der Waals surface area contributed by atoms with Gasteiger partial charge in [-0.1, -0.05) is 27.7 Å². The second-order valence-electron chi connectivity index (χ2n) is 8.82.